The Labute approximate surface area is 193 Å². The lowest BCUT2D eigenvalue weighted by molar-refractivity contribution is -0.384. The molecule has 0 bridgehead atoms. The highest BCUT2D eigenvalue weighted by Crippen LogP contribution is 2.33. The minimum absolute atomic E-state index is 0.0103. The number of rotatable bonds is 8. The van der Waals surface area contributed by atoms with E-state index in [9.17, 15) is 19.7 Å². The summed E-state index contributed by atoms with van der Waals surface area (Å²) in [6.45, 7) is 0.230. The maximum absolute atomic E-state index is 12.8. The van der Waals surface area contributed by atoms with Crippen molar-refractivity contribution in [2.45, 2.75) is 0 Å². The molecule has 168 valence electrons. The van der Waals surface area contributed by atoms with Crippen molar-refractivity contribution < 1.29 is 24.0 Å². The Kier molecular flexibility index (Phi) is 6.45. The summed E-state index contributed by atoms with van der Waals surface area (Å²) < 4.78 is 12.7. The number of nitrogens with zero attached hydrogens (tertiary/aromatic N) is 3. The molecule has 0 spiro atoms. The van der Waals surface area contributed by atoms with Crippen LogP contribution < -0.4 is 9.47 Å². The van der Waals surface area contributed by atoms with Gasteiger partial charge >= 0.3 is 0 Å². The van der Waals surface area contributed by atoms with E-state index in [1.54, 1.807) is 59.3 Å². The molecule has 1 aliphatic heterocycles. The Morgan fingerprint density at radius 3 is 2.45 bits per heavy atom. The zero-order valence-electron chi connectivity index (χ0n) is 17.5. The maximum atomic E-state index is 12.8. The molecule has 3 aromatic rings. The number of nitro benzene ring substituents is 1. The number of ether oxygens (including phenoxy) is 2. The summed E-state index contributed by atoms with van der Waals surface area (Å²) in [7, 11) is 1.54. The topological polar surface area (TPSA) is 104 Å². The van der Waals surface area contributed by atoms with Gasteiger partial charge in [-0.05, 0) is 54.2 Å². The van der Waals surface area contributed by atoms with Crippen LogP contribution in [0.5, 0.6) is 11.5 Å². The fourth-order valence-electron chi connectivity index (χ4n) is 3.29. The number of hydrogen-bond donors (Lipinski definition) is 0. The molecule has 2 amide bonds. The van der Waals surface area contributed by atoms with E-state index in [1.165, 1.54) is 19.2 Å². The number of amides is 2. The number of nitro groups is 1. The Morgan fingerprint density at radius 2 is 1.76 bits per heavy atom. The number of non-ortho nitro benzene ring substituents is 1. The summed E-state index contributed by atoms with van der Waals surface area (Å²) in [5.74, 6) is 0.701. The van der Waals surface area contributed by atoms with Gasteiger partial charge in [0, 0.05) is 29.7 Å². The summed E-state index contributed by atoms with van der Waals surface area (Å²) in [5.41, 5.74) is 1.35. The molecule has 0 aliphatic carbocycles. The quantitative estimate of drug-likeness (QED) is 0.274. The molecule has 1 aromatic heterocycles. The molecule has 0 atom stereocenters. The number of imide groups is 1. The Hall–Kier alpha value is -4.05. The molecule has 1 saturated heterocycles. The number of aromatic nitrogens is 1. The number of carbonyl (C=O) groups excluding carboxylic acids is 2. The SMILES string of the molecule is COc1ccccc1OCCN1C(=O)S/C(=C\c2cccn2-c2ccc([N+](=O)[O-])cc2)C1=O. The van der Waals surface area contributed by atoms with E-state index >= 15 is 0 Å². The third kappa shape index (κ3) is 4.75. The molecule has 33 heavy (non-hydrogen) atoms. The molecular weight excluding hydrogens is 446 g/mol. The van der Waals surface area contributed by atoms with Gasteiger partial charge in [-0.1, -0.05) is 12.1 Å². The van der Waals surface area contributed by atoms with Crippen molar-refractivity contribution in [2.24, 2.45) is 0 Å². The summed E-state index contributed by atoms with van der Waals surface area (Å²) >= 11 is 0.860. The van der Waals surface area contributed by atoms with Crippen LogP contribution in [0, 0.1) is 10.1 Å². The molecule has 10 heteroatoms. The number of methoxy groups -OCH3 is 1. The van der Waals surface area contributed by atoms with Crippen LogP contribution in [0.15, 0.2) is 71.8 Å². The van der Waals surface area contributed by atoms with E-state index in [-0.39, 0.29) is 24.1 Å². The first kappa shape index (κ1) is 22.2. The first-order valence-electron chi connectivity index (χ1n) is 9.91. The van der Waals surface area contributed by atoms with Crippen molar-refractivity contribution in [1.29, 1.82) is 0 Å². The van der Waals surface area contributed by atoms with E-state index in [2.05, 4.69) is 0 Å². The predicted octanol–water partition coefficient (Wildman–Crippen LogP) is 4.51. The second-order valence-corrected chi connectivity index (χ2v) is 7.90. The molecule has 1 aliphatic rings. The molecule has 9 nitrogen and oxygen atoms in total. The van der Waals surface area contributed by atoms with Crippen molar-refractivity contribution in [1.82, 2.24) is 9.47 Å². The van der Waals surface area contributed by atoms with Gasteiger partial charge in [-0.2, -0.15) is 0 Å². The van der Waals surface area contributed by atoms with Gasteiger partial charge in [-0.25, -0.2) is 0 Å². The Balaban J connectivity index is 1.46. The van der Waals surface area contributed by atoms with Gasteiger partial charge in [0.15, 0.2) is 11.5 Å². The maximum Gasteiger partial charge on any atom is 0.293 e. The lowest BCUT2D eigenvalue weighted by atomic mass is 10.2. The van der Waals surface area contributed by atoms with E-state index in [1.807, 2.05) is 6.07 Å². The number of hydrogen-bond acceptors (Lipinski definition) is 7. The minimum atomic E-state index is -0.464. The highest BCUT2D eigenvalue weighted by Gasteiger charge is 2.35. The summed E-state index contributed by atoms with van der Waals surface area (Å²) in [6, 6.07) is 16.8. The molecular formula is C23H19N3O6S. The van der Waals surface area contributed by atoms with Crippen LogP contribution in [0.1, 0.15) is 5.69 Å². The minimum Gasteiger partial charge on any atom is -0.493 e. The van der Waals surface area contributed by atoms with Gasteiger partial charge in [0.1, 0.15) is 6.61 Å². The Bertz CT molecular complexity index is 1240. The molecule has 0 saturated carbocycles. The smallest absolute Gasteiger partial charge is 0.293 e. The van der Waals surface area contributed by atoms with Crippen LogP contribution in [0.3, 0.4) is 0 Å². The van der Waals surface area contributed by atoms with E-state index in [0.29, 0.717) is 27.8 Å². The van der Waals surface area contributed by atoms with Crippen molar-refractivity contribution in [2.75, 3.05) is 20.3 Å². The van der Waals surface area contributed by atoms with Gasteiger partial charge < -0.3 is 14.0 Å². The lowest BCUT2D eigenvalue weighted by Gasteiger charge is -2.14. The van der Waals surface area contributed by atoms with E-state index in [4.69, 9.17) is 9.47 Å². The highest BCUT2D eigenvalue weighted by molar-refractivity contribution is 8.18. The third-order valence-electron chi connectivity index (χ3n) is 4.91. The molecule has 0 unspecified atom stereocenters. The monoisotopic (exact) mass is 465 g/mol. The zero-order valence-corrected chi connectivity index (χ0v) is 18.4. The van der Waals surface area contributed by atoms with E-state index < -0.39 is 10.8 Å². The molecule has 0 radical (unpaired) electrons. The van der Waals surface area contributed by atoms with Crippen molar-refractivity contribution in [3.63, 3.8) is 0 Å². The van der Waals surface area contributed by atoms with Gasteiger partial charge in [0.2, 0.25) is 0 Å². The van der Waals surface area contributed by atoms with Crippen LogP contribution in [0.25, 0.3) is 11.8 Å². The fourth-order valence-corrected chi connectivity index (χ4v) is 4.14. The lowest BCUT2D eigenvalue weighted by Crippen LogP contribution is -2.32. The van der Waals surface area contributed by atoms with Crippen LogP contribution >= 0.6 is 11.8 Å². The van der Waals surface area contributed by atoms with Gasteiger partial charge in [-0.3, -0.25) is 24.6 Å². The molecule has 1 fully saturated rings. The second kappa shape index (κ2) is 9.61. The number of thioether (sulfide) groups is 1. The van der Waals surface area contributed by atoms with Crippen molar-refractivity contribution in [3.05, 3.63) is 87.6 Å². The molecule has 2 aromatic carbocycles. The summed E-state index contributed by atoms with van der Waals surface area (Å²) in [6.07, 6.45) is 3.41. The highest BCUT2D eigenvalue weighted by atomic mass is 32.2. The summed E-state index contributed by atoms with van der Waals surface area (Å²) in [4.78, 5) is 37.1. The number of benzene rings is 2. The third-order valence-corrected chi connectivity index (χ3v) is 5.82. The molecule has 0 N–H and O–H groups in total. The van der Waals surface area contributed by atoms with E-state index in [0.717, 1.165) is 16.7 Å². The first-order chi connectivity index (χ1) is 16.0. The fraction of sp³-hybridized carbons (Fsp3) is 0.130. The summed E-state index contributed by atoms with van der Waals surface area (Å²) in [5, 5.41) is 10.5. The van der Waals surface area contributed by atoms with Crippen molar-refractivity contribution >= 4 is 34.7 Å². The predicted molar refractivity (Wildman–Crippen MR) is 124 cm³/mol. The number of para-hydroxylation sites is 2. The van der Waals surface area contributed by atoms with Gasteiger partial charge in [0.25, 0.3) is 16.8 Å². The van der Waals surface area contributed by atoms with Crippen molar-refractivity contribution in [3.8, 4) is 17.2 Å². The van der Waals surface area contributed by atoms with Crippen LogP contribution in [-0.4, -0.2) is 45.8 Å². The molecule has 2 heterocycles. The zero-order chi connectivity index (χ0) is 23.4. The second-order valence-electron chi connectivity index (χ2n) is 6.91. The standard InChI is InChI=1S/C23H19N3O6S/c1-31-19-6-2-3-7-20(19)32-14-13-25-22(27)21(33-23(25)28)15-18-5-4-12-24(18)16-8-10-17(11-9-16)26(29)30/h2-12,15H,13-14H2,1H3/b21-15-. The largest absolute Gasteiger partial charge is 0.493 e. The normalized spacial score (nSPS) is 14.7. The first-order valence-corrected chi connectivity index (χ1v) is 10.7. The average molecular weight is 465 g/mol. The van der Waals surface area contributed by atoms with Crippen LogP contribution in [0.2, 0.25) is 0 Å². The van der Waals surface area contributed by atoms with Gasteiger partial charge in [-0.15, -0.1) is 0 Å². The molecule has 4 rings (SSSR count). The van der Waals surface area contributed by atoms with Gasteiger partial charge in [0.05, 0.1) is 23.5 Å². The van der Waals surface area contributed by atoms with Crippen LogP contribution in [0.4, 0.5) is 10.5 Å². The number of carbonyl (C=O) groups is 2. The average Bonchev–Trinajstić information content (AvgIpc) is 3.39. The Morgan fingerprint density at radius 1 is 1.03 bits per heavy atom. The van der Waals surface area contributed by atoms with Crippen LogP contribution in [-0.2, 0) is 4.79 Å².